The highest BCUT2D eigenvalue weighted by Crippen LogP contribution is 2.24. The summed E-state index contributed by atoms with van der Waals surface area (Å²) in [6.07, 6.45) is 2.49. The maximum Gasteiger partial charge on any atom is 0.329 e. The van der Waals surface area contributed by atoms with Gasteiger partial charge in [-0.25, -0.2) is 4.98 Å². The molecule has 18 heavy (non-hydrogen) atoms. The molecule has 0 amide bonds. The van der Waals surface area contributed by atoms with E-state index in [0.29, 0.717) is 24.3 Å². The number of nitrogens with two attached hydrogens (primary N) is 1. The van der Waals surface area contributed by atoms with Crippen LogP contribution in [0.2, 0.25) is 0 Å². The van der Waals surface area contributed by atoms with Crippen molar-refractivity contribution < 1.29 is 9.13 Å². The van der Waals surface area contributed by atoms with Crippen molar-refractivity contribution in [1.29, 1.82) is 0 Å². The highest BCUT2D eigenvalue weighted by molar-refractivity contribution is 7.85. The number of hydrogen-bond acceptors (Lipinski definition) is 7. The molecular weight excluding hydrogens is 258 g/mol. The maximum absolute atomic E-state index is 11.2. The molecule has 0 spiro atoms. The van der Waals surface area contributed by atoms with Crippen molar-refractivity contribution in [3.8, 4) is 0 Å². The number of aromatic nitrogens is 2. The van der Waals surface area contributed by atoms with Gasteiger partial charge in [0, 0.05) is 28.3 Å². The molecule has 0 aromatic carbocycles. The van der Waals surface area contributed by atoms with E-state index in [1.54, 1.807) is 0 Å². The van der Waals surface area contributed by atoms with Crippen LogP contribution in [0.5, 0.6) is 0 Å². The van der Waals surface area contributed by atoms with E-state index in [1.165, 1.54) is 0 Å². The van der Waals surface area contributed by atoms with E-state index >= 15 is 0 Å². The molecule has 0 radical (unpaired) electrons. The van der Waals surface area contributed by atoms with Crippen LogP contribution in [-0.4, -0.2) is 36.6 Å². The predicted molar refractivity (Wildman–Crippen MR) is 67.6 cm³/mol. The molecule has 9 heteroatoms. The lowest BCUT2D eigenvalue weighted by atomic mass is 10.1. The van der Waals surface area contributed by atoms with Crippen LogP contribution in [-0.2, 0) is 10.8 Å². The first-order valence-corrected chi connectivity index (χ1v) is 6.93. The van der Waals surface area contributed by atoms with Crippen molar-refractivity contribution in [3.05, 3.63) is 16.3 Å². The Morgan fingerprint density at radius 2 is 2.17 bits per heavy atom. The molecule has 0 unspecified atom stereocenters. The van der Waals surface area contributed by atoms with E-state index in [9.17, 15) is 14.3 Å². The summed E-state index contributed by atoms with van der Waals surface area (Å²) in [4.78, 5) is 17.7. The van der Waals surface area contributed by atoms with Crippen molar-refractivity contribution in [2.24, 2.45) is 0 Å². The first-order valence-electron chi connectivity index (χ1n) is 5.44. The molecule has 1 aromatic heterocycles. The summed E-state index contributed by atoms with van der Waals surface area (Å²) in [5, 5.41) is 13.8. The van der Waals surface area contributed by atoms with Crippen molar-refractivity contribution in [2.45, 2.75) is 18.9 Å². The van der Waals surface area contributed by atoms with Crippen LogP contribution in [0.3, 0.4) is 0 Å². The first-order chi connectivity index (χ1) is 8.56. The second-order valence-electron chi connectivity index (χ2n) is 3.99. The molecule has 2 rings (SSSR count). The number of rotatable bonds is 3. The van der Waals surface area contributed by atoms with Crippen LogP contribution in [0.4, 0.5) is 17.5 Å². The molecule has 1 aliphatic rings. The van der Waals surface area contributed by atoms with Gasteiger partial charge in [0.15, 0.2) is 0 Å². The summed E-state index contributed by atoms with van der Waals surface area (Å²) in [5.41, 5.74) is 5.22. The van der Waals surface area contributed by atoms with Gasteiger partial charge < -0.3 is 11.1 Å². The molecule has 0 aliphatic carbocycles. The van der Waals surface area contributed by atoms with Gasteiger partial charge in [-0.05, 0) is 12.8 Å². The molecule has 3 N–H and O–H groups in total. The zero-order chi connectivity index (χ0) is 13.1. The molecule has 0 atom stereocenters. The number of anilines is 2. The number of nitrogens with zero attached hydrogens (tertiary/aromatic N) is 3. The van der Waals surface area contributed by atoms with Crippen LogP contribution in [0.25, 0.3) is 0 Å². The van der Waals surface area contributed by atoms with Gasteiger partial charge in [-0.3, -0.25) is 14.3 Å². The Balaban J connectivity index is 2.15. The molecule has 0 saturated carbocycles. The van der Waals surface area contributed by atoms with Crippen LogP contribution in [0, 0.1) is 10.1 Å². The molecule has 1 saturated heterocycles. The number of hydrogen-bond donors (Lipinski definition) is 2. The maximum atomic E-state index is 11.2. The molecule has 0 bridgehead atoms. The lowest BCUT2D eigenvalue weighted by molar-refractivity contribution is -0.384. The van der Waals surface area contributed by atoms with E-state index in [-0.39, 0.29) is 23.5 Å². The average molecular weight is 271 g/mol. The van der Waals surface area contributed by atoms with Gasteiger partial charge in [0.1, 0.15) is 6.20 Å². The number of nitrogens with one attached hydrogen (secondary N) is 1. The van der Waals surface area contributed by atoms with Gasteiger partial charge in [0.25, 0.3) is 0 Å². The zero-order valence-corrected chi connectivity index (χ0v) is 10.4. The molecule has 98 valence electrons. The Kier molecular flexibility index (Phi) is 3.70. The monoisotopic (exact) mass is 271 g/mol. The van der Waals surface area contributed by atoms with E-state index in [2.05, 4.69) is 15.3 Å². The highest BCUT2D eigenvalue weighted by Gasteiger charge is 2.23. The molecule has 1 aromatic rings. The SMILES string of the molecule is Nc1ncc([N+](=O)[O-])c(NC2CCS(=O)CC2)n1. The fraction of sp³-hybridized carbons (Fsp3) is 0.556. The third-order valence-electron chi connectivity index (χ3n) is 2.71. The summed E-state index contributed by atoms with van der Waals surface area (Å²) in [5.74, 6) is 1.32. The Labute approximate surface area is 106 Å². The fourth-order valence-corrected chi connectivity index (χ4v) is 3.06. The quantitative estimate of drug-likeness (QED) is 0.598. The molecule has 1 aliphatic heterocycles. The van der Waals surface area contributed by atoms with Crippen LogP contribution < -0.4 is 11.1 Å². The van der Waals surface area contributed by atoms with Gasteiger partial charge in [0.2, 0.25) is 11.8 Å². The summed E-state index contributed by atoms with van der Waals surface area (Å²) in [6.45, 7) is 0. The summed E-state index contributed by atoms with van der Waals surface area (Å²) in [6, 6.07) is 0.0377. The average Bonchev–Trinajstić information content (AvgIpc) is 2.32. The number of nitrogen functional groups attached to an aromatic ring is 1. The van der Waals surface area contributed by atoms with Gasteiger partial charge in [-0.15, -0.1) is 0 Å². The molecule has 8 nitrogen and oxygen atoms in total. The molecular formula is C9H13N5O3S. The minimum absolute atomic E-state index is 0.0116. The van der Waals surface area contributed by atoms with Gasteiger partial charge in [0.05, 0.1) is 4.92 Å². The van der Waals surface area contributed by atoms with Crippen LogP contribution >= 0.6 is 0 Å². The third kappa shape index (κ3) is 2.92. The van der Waals surface area contributed by atoms with E-state index in [1.807, 2.05) is 0 Å². The van der Waals surface area contributed by atoms with E-state index in [0.717, 1.165) is 6.20 Å². The lowest BCUT2D eigenvalue weighted by Gasteiger charge is -2.22. The van der Waals surface area contributed by atoms with Gasteiger partial charge >= 0.3 is 5.69 Å². The Hall–Kier alpha value is -1.77. The minimum Gasteiger partial charge on any atom is -0.368 e. The molecule has 2 heterocycles. The van der Waals surface area contributed by atoms with E-state index < -0.39 is 15.7 Å². The summed E-state index contributed by atoms with van der Waals surface area (Å²) in [7, 11) is -0.769. The summed E-state index contributed by atoms with van der Waals surface area (Å²) >= 11 is 0. The number of nitro groups is 1. The van der Waals surface area contributed by atoms with Gasteiger partial charge in [-0.2, -0.15) is 4.98 Å². The fourth-order valence-electron chi connectivity index (χ4n) is 1.76. The van der Waals surface area contributed by atoms with Gasteiger partial charge in [-0.1, -0.05) is 0 Å². The van der Waals surface area contributed by atoms with Crippen molar-refractivity contribution >= 4 is 28.3 Å². The Bertz CT molecular complexity index is 485. The normalized spacial score (nSPS) is 23.6. The second kappa shape index (κ2) is 5.25. The minimum atomic E-state index is -0.769. The predicted octanol–water partition coefficient (Wildman–Crippen LogP) is 0.290. The van der Waals surface area contributed by atoms with Crippen molar-refractivity contribution in [2.75, 3.05) is 22.6 Å². The molecule has 1 fully saturated rings. The lowest BCUT2D eigenvalue weighted by Crippen LogP contribution is -2.30. The van der Waals surface area contributed by atoms with Crippen molar-refractivity contribution in [1.82, 2.24) is 9.97 Å². The van der Waals surface area contributed by atoms with Crippen molar-refractivity contribution in [3.63, 3.8) is 0 Å². The smallest absolute Gasteiger partial charge is 0.329 e. The first kappa shape index (κ1) is 12.7. The zero-order valence-electron chi connectivity index (χ0n) is 9.54. The third-order valence-corrected chi connectivity index (χ3v) is 4.10. The highest BCUT2D eigenvalue weighted by atomic mass is 32.2. The van der Waals surface area contributed by atoms with Crippen LogP contribution in [0.1, 0.15) is 12.8 Å². The largest absolute Gasteiger partial charge is 0.368 e. The topological polar surface area (TPSA) is 124 Å². The standard InChI is InChI=1S/C9H13N5O3S/c10-9-11-5-7(14(15)16)8(13-9)12-6-1-3-18(17)4-2-6/h5-6H,1-4H2,(H3,10,11,12,13). The Morgan fingerprint density at radius 1 is 1.50 bits per heavy atom. The second-order valence-corrected chi connectivity index (χ2v) is 5.68. The summed E-state index contributed by atoms with van der Waals surface area (Å²) < 4.78 is 11.2. The Morgan fingerprint density at radius 3 is 2.78 bits per heavy atom. The van der Waals surface area contributed by atoms with Crippen LogP contribution in [0.15, 0.2) is 6.20 Å². The van der Waals surface area contributed by atoms with E-state index in [4.69, 9.17) is 5.73 Å².